The fraction of sp³-hybridized carbons (Fsp3) is 0.385. The average Bonchev–Trinajstić information content (AvgIpc) is 3.36. The van der Waals surface area contributed by atoms with E-state index in [1.54, 1.807) is 24.0 Å². The molecule has 1 saturated carbocycles. The number of rotatable bonds is 11. The molecule has 3 aromatic rings. The molecule has 2 heterocycles. The minimum atomic E-state index is -0.0914. The molecule has 4 rings (SSSR count). The van der Waals surface area contributed by atoms with Crippen LogP contribution in [0, 0.1) is 6.92 Å². The Morgan fingerprint density at radius 3 is 2.50 bits per heavy atom. The Morgan fingerprint density at radius 1 is 1.09 bits per heavy atom. The molecule has 0 radical (unpaired) electrons. The zero-order chi connectivity index (χ0) is 24.1. The Balaban J connectivity index is 1.49. The van der Waals surface area contributed by atoms with Gasteiger partial charge in [-0.2, -0.15) is 0 Å². The van der Waals surface area contributed by atoms with Crippen LogP contribution in [-0.2, 0) is 17.8 Å². The van der Waals surface area contributed by atoms with Gasteiger partial charge in [-0.05, 0) is 67.5 Å². The van der Waals surface area contributed by atoms with Gasteiger partial charge in [-0.15, -0.1) is 11.3 Å². The number of methoxy groups -OCH3 is 2. The number of hydrogen-bond acceptors (Lipinski definition) is 6. The van der Waals surface area contributed by atoms with E-state index in [4.69, 9.17) is 13.9 Å². The van der Waals surface area contributed by atoms with E-state index >= 15 is 0 Å². The van der Waals surface area contributed by atoms with Gasteiger partial charge in [-0.1, -0.05) is 12.1 Å². The topological polar surface area (TPSA) is 72.2 Å². The molecule has 180 valence electrons. The molecule has 1 fully saturated rings. The van der Waals surface area contributed by atoms with Gasteiger partial charge in [0.25, 0.3) is 5.91 Å². The number of ether oxygens (including phenoxy) is 2. The number of carbonyl (C=O) groups is 2. The lowest BCUT2D eigenvalue weighted by Crippen LogP contribution is -2.44. The van der Waals surface area contributed by atoms with E-state index in [2.05, 4.69) is 0 Å². The van der Waals surface area contributed by atoms with E-state index in [-0.39, 0.29) is 24.4 Å². The van der Waals surface area contributed by atoms with Gasteiger partial charge in [0.15, 0.2) is 11.5 Å². The summed E-state index contributed by atoms with van der Waals surface area (Å²) in [5.74, 6) is 2.68. The fourth-order valence-electron chi connectivity index (χ4n) is 3.89. The number of amides is 2. The van der Waals surface area contributed by atoms with Crippen LogP contribution in [0.1, 0.15) is 39.6 Å². The van der Waals surface area contributed by atoms with E-state index < -0.39 is 0 Å². The lowest BCUT2D eigenvalue weighted by Gasteiger charge is -2.27. The summed E-state index contributed by atoms with van der Waals surface area (Å²) in [5, 5.41) is 1.88. The number of aryl methyl sites for hydroxylation is 1. The predicted octanol–water partition coefficient (Wildman–Crippen LogP) is 4.54. The first-order valence-electron chi connectivity index (χ1n) is 11.4. The number of hydrogen-bond donors (Lipinski definition) is 0. The lowest BCUT2D eigenvalue weighted by molar-refractivity contribution is -0.132. The molecule has 0 atom stereocenters. The van der Waals surface area contributed by atoms with Crippen molar-refractivity contribution in [2.75, 3.05) is 27.3 Å². The van der Waals surface area contributed by atoms with Gasteiger partial charge >= 0.3 is 0 Å². The largest absolute Gasteiger partial charge is 0.493 e. The smallest absolute Gasteiger partial charge is 0.264 e. The monoisotopic (exact) mass is 482 g/mol. The Hall–Kier alpha value is -3.26. The van der Waals surface area contributed by atoms with Crippen LogP contribution in [0.15, 0.2) is 52.3 Å². The maximum atomic E-state index is 13.5. The Morgan fingerprint density at radius 2 is 1.88 bits per heavy atom. The Kier molecular flexibility index (Phi) is 7.57. The van der Waals surface area contributed by atoms with Crippen LogP contribution < -0.4 is 9.47 Å². The Labute approximate surface area is 203 Å². The molecule has 0 aliphatic heterocycles. The predicted molar refractivity (Wildman–Crippen MR) is 130 cm³/mol. The molecule has 0 spiro atoms. The first kappa shape index (κ1) is 23.9. The number of furan rings is 1. The quantitative estimate of drug-likeness (QED) is 0.401. The maximum absolute atomic E-state index is 13.5. The van der Waals surface area contributed by atoms with Crippen molar-refractivity contribution in [2.24, 2.45) is 0 Å². The highest BCUT2D eigenvalue weighted by atomic mass is 32.1. The summed E-state index contributed by atoms with van der Waals surface area (Å²) < 4.78 is 16.5. The molecular formula is C26H30N2O5S. The summed E-state index contributed by atoms with van der Waals surface area (Å²) in [5.41, 5.74) is 1.03. The molecule has 1 aliphatic carbocycles. The van der Waals surface area contributed by atoms with Gasteiger partial charge in [-0.3, -0.25) is 9.59 Å². The third-order valence-corrected chi connectivity index (χ3v) is 6.76. The van der Waals surface area contributed by atoms with Crippen LogP contribution in [0.5, 0.6) is 11.5 Å². The van der Waals surface area contributed by atoms with Crippen LogP contribution >= 0.6 is 11.3 Å². The molecule has 1 aliphatic rings. The van der Waals surface area contributed by atoms with Crippen LogP contribution in [0.3, 0.4) is 0 Å². The van der Waals surface area contributed by atoms with Crippen LogP contribution in [0.4, 0.5) is 0 Å². The molecule has 2 aromatic heterocycles. The minimum Gasteiger partial charge on any atom is -0.493 e. The van der Waals surface area contributed by atoms with E-state index in [1.807, 2.05) is 54.8 Å². The molecule has 8 heteroatoms. The second kappa shape index (κ2) is 10.8. The van der Waals surface area contributed by atoms with E-state index in [1.165, 1.54) is 11.3 Å². The van der Waals surface area contributed by atoms with Gasteiger partial charge in [0.05, 0.1) is 25.6 Å². The lowest BCUT2D eigenvalue weighted by atomic mass is 10.1. The number of carbonyl (C=O) groups excluding carboxylic acids is 2. The maximum Gasteiger partial charge on any atom is 0.264 e. The van der Waals surface area contributed by atoms with Crippen LogP contribution in [-0.4, -0.2) is 55.0 Å². The van der Waals surface area contributed by atoms with Crippen LogP contribution in [0.2, 0.25) is 0 Å². The molecule has 0 N–H and O–H groups in total. The number of thiophene rings is 1. The van der Waals surface area contributed by atoms with Crippen molar-refractivity contribution in [3.05, 3.63) is 69.8 Å². The van der Waals surface area contributed by atoms with Crippen molar-refractivity contribution in [3.8, 4) is 11.5 Å². The van der Waals surface area contributed by atoms with Crippen LogP contribution in [0.25, 0.3) is 0 Å². The van der Waals surface area contributed by atoms with Crippen molar-refractivity contribution in [3.63, 3.8) is 0 Å². The second-order valence-corrected chi connectivity index (χ2v) is 9.36. The van der Waals surface area contributed by atoms with Gasteiger partial charge in [0.2, 0.25) is 5.91 Å². The highest BCUT2D eigenvalue weighted by Crippen LogP contribution is 2.30. The average molecular weight is 483 g/mol. The standard InChI is InChI=1S/C26H30N2O5S/c1-18-6-10-21(33-18)16-27(13-12-19-7-11-22(31-2)23(15-19)32-3)25(29)17-28(20-8-9-20)26(30)24-5-4-14-34-24/h4-7,10-11,14-15,20H,8-9,12-13,16-17H2,1-3H3. The molecule has 0 saturated heterocycles. The van der Waals surface area contributed by atoms with E-state index in [9.17, 15) is 9.59 Å². The van der Waals surface area contributed by atoms with Crippen molar-refractivity contribution in [1.82, 2.24) is 9.80 Å². The molecular weight excluding hydrogens is 452 g/mol. The number of nitrogens with zero attached hydrogens (tertiary/aromatic N) is 2. The van der Waals surface area contributed by atoms with Gasteiger partial charge < -0.3 is 23.7 Å². The highest BCUT2D eigenvalue weighted by Gasteiger charge is 2.35. The normalized spacial score (nSPS) is 12.9. The summed E-state index contributed by atoms with van der Waals surface area (Å²) >= 11 is 1.41. The highest BCUT2D eigenvalue weighted by molar-refractivity contribution is 7.12. The first-order valence-corrected chi connectivity index (χ1v) is 12.2. The molecule has 7 nitrogen and oxygen atoms in total. The van der Waals surface area contributed by atoms with Crippen molar-refractivity contribution < 1.29 is 23.5 Å². The second-order valence-electron chi connectivity index (χ2n) is 8.41. The summed E-state index contributed by atoms with van der Waals surface area (Å²) in [6.07, 6.45) is 2.51. The zero-order valence-electron chi connectivity index (χ0n) is 19.8. The summed E-state index contributed by atoms with van der Waals surface area (Å²) in [4.78, 5) is 30.7. The van der Waals surface area contributed by atoms with Crippen molar-refractivity contribution >= 4 is 23.2 Å². The molecule has 0 unspecified atom stereocenters. The van der Waals surface area contributed by atoms with Crippen molar-refractivity contribution in [2.45, 2.75) is 38.8 Å². The molecule has 0 bridgehead atoms. The summed E-state index contributed by atoms with van der Waals surface area (Å²) in [7, 11) is 3.21. The fourth-order valence-corrected chi connectivity index (χ4v) is 4.57. The summed E-state index contributed by atoms with van der Waals surface area (Å²) in [6.45, 7) is 2.78. The third kappa shape index (κ3) is 5.80. The van der Waals surface area contributed by atoms with E-state index in [0.717, 1.165) is 29.9 Å². The third-order valence-electron chi connectivity index (χ3n) is 5.90. The SMILES string of the molecule is COc1ccc(CCN(Cc2ccc(C)o2)C(=O)CN(C(=O)c2cccs2)C2CC2)cc1OC. The minimum absolute atomic E-state index is 0.0625. The molecule has 2 amide bonds. The van der Waals surface area contributed by atoms with Gasteiger partial charge in [0, 0.05) is 12.6 Å². The van der Waals surface area contributed by atoms with Gasteiger partial charge in [0.1, 0.15) is 18.1 Å². The first-order chi connectivity index (χ1) is 16.5. The zero-order valence-corrected chi connectivity index (χ0v) is 20.6. The molecule has 34 heavy (non-hydrogen) atoms. The Bertz CT molecular complexity index is 1120. The summed E-state index contributed by atoms with van der Waals surface area (Å²) in [6, 6.07) is 13.4. The molecule has 1 aromatic carbocycles. The van der Waals surface area contributed by atoms with Crippen molar-refractivity contribution in [1.29, 1.82) is 0 Å². The van der Waals surface area contributed by atoms with E-state index in [0.29, 0.717) is 35.9 Å². The number of benzene rings is 1. The van der Waals surface area contributed by atoms with Gasteiger partial charge in [-0.25, -0.2) is 0 Å².